The van der Waals surface area contributed by atoms with Crippen molar-refractivity contribution in [3.8, 4) is 5.75 Å². The molecule has 2 aromatic rings. The Morgan fingerprint density at radius 1 is 1.64 bits per heavy atom. The lowest BCUT2D eigenvalue weighted by atomic mass is 10.4. The maximum atomic E-state index is 10.8. The van der Waals surface area contributed by atoms with Gasteiger partial charge in [-0.25, -0.2) is 0 Å². The summed E-state index contributed by atoms with van der Waals surface area (Å²) in [5.41, 5.74) is 0.301. The molecule has 11 heavy (non-hydrogen) atoms. The number of pyridine rings is 1. The molecule has 5 heteroatoms. The molecule has 0 atom stereocenters. The van der Waals surface area contributed by atoms with Crippen LogP contribution in [-0.4, -0.2) is 15.2 Å². The molecule has 0 saturated heterocycles. The van der Waals surface area contributed by atoms with Crippen molar-refractivity contribution in [1.82, 2.24) is 10.1 Å². The van der Waals surface area contributed by atoms with Gasteiger partial charge < -0.3 is 14.6 Å². The molecule has 0 spiro atoms. The molecule has 2 aromatic heterocycles. The molecule has 2 heterocycles. The first-order valence-corrected chi connectivity index (χ1v) is 2.94. The molecule has 0 radical (unpaired) electrons. The number of nitrogens with one attached hydrogen (secondary N) is 1. The minimum absolute atomic E-state index is 0.363. The average molecular weight is 152 g/mol. The van der Waals surface area contributed by atoms with Crippen molar-refractivity contribution in [2.24, 2.45) is 0 Å². The molecule has 0 aliphatic rings. The molecule has 0 aromatic carbocycles. The number of aromatic hydroxyl groups is 1. The Morgan fingerprint density at radius 3 is 3.27 bits per heavy atom. The molecule has 2 N–H and O–H groups in total. The summed E-state index contributed by atoms with van der Waals surface area (Å²) in [6.07, 6.45) is 1.37. The van der Waals surface area contributed by atoms with Crippen molar-refractivity contribution < 1.29 is 9.63 Å². The lowest BCUT2D eigenvalue weighted by Crippen LogP contribution is -2.02. The van der Waals surface area contributed by atoms with Crippen molar-refractivity contribution in [2.75, 3.05) is 0 Å². The molecule has 0 bridgehead atoms. The van der Waals surface area contributed by atoms with Crippen molar-refractivity contribution in [1.29, 1.82) is 0 Å². The third-order valence-electron chi connectivity index (χ3n) is 1.35. The smallest absolute Gasteiger partial charge is 0.290 e. The van der Waals surface area contributed by atoms with Crippen LogP contribution in [0.4, 0.5) is 0 Å². The number of aromatic amines is 1. The van der Waals surface area contributed by atoms with Crippen LogP contribution < -0.4 is 5.56 Å². The van der Waals surface area contributed by atoms with E-state index < -0.39 is 5.56 Å². The number of hydrogen-bond donors (Lipinski definition) is 2. The quantitative estimate of drug-likeness (QED) is 0.566. The zero-order valence-corrected chi connectivity index (χ0v) is 5.37. The van der Waals surface area contributed by atoms with E-state index in [1.807, 2.05) is 0 Å². The summed E-state index contributed by atoms with van der Waals surface area (Å²) in [5, 5.41) is 12.3. The van der Waals surface area contributed by atoms with Gasteiger partial charge in [-0.05, 0) is 0 Å². The summed E-state index contributed by atoms with van der Waals surface area (Å²) in [4.78, 5) is 13.1. The van der Waals surface area contributed by atoms with Crippen LogP contribution in [0.2, 0.25) is 0 Å². The van der Waals surface area contributed by atoms with Crippen LogP contribution in [0.1, 0.15) is 0 Å². The standard InChI is InChI=1S/C6H4N2O3/c9-4-1-5-3(2-7-11-5)8-6(4)10/h1-2,9H,(H,8,10). The second-order valence-corrected chi connectivity index (χ2v) is 2.09. The number of rotatable bonds is 0. The summed E-state index contributed by atoms with van der Waals surface area (Å²) >= 11 is 0. The van der Waals surface area contributed by atoms with Crippen LogP contribution in [0.25, 0.3) is 11.1 Å². The van der Waals surface area contributed by atoms with Crippen LogP contribution in [0, 0.1) is 0 Å². The fourth-order valence-corrected chi connectivity index (χ4v) is 0.823. The Labute approximate surface area is 60.3 Å². The van der Waals surface area contributed by atoms with Gasteiger partial charge in [0.1, 0.15) is 5.52 Å². The average Bonchev–Trinajstić information content (AvgIpc) is 2.36. The highest BCUT2D eigenvalue weighted by atomic mass is 16.5. The lowest BCUT2D eigenvalue weighted by Gasteiger charge is -1.87. The molecule has 0 fully saturated rings. The zero-order chi connectivity index (χ0) is 7.84. The zero-order valence-electron chi connectivity index (χ0n) is 5.37. The minimum Gasteiger partial charge on any atom is -0.503 e. The van der Waals surface area contributed by atoms with E-state index in [-0.39, 0.29) is 5.75 Å². The molecule has 5 nitrogen and oxygen atoms in total. The third kappa shape index (κ3) is 0.778. The van der Waals surface area contributed by atoms with Gasteiger partial charge >= 0.3 is 0 Å². The normalized spacial score (nSPS) is 10.5. The summed E-state index contributed by atoms with van der Waals surface area (Å²) in [6, 6.07) is 1.22. The number of aromatic nitrogens is 2. The summed E-state index contributed by atoms with van der Waals surface area (Å²) in [5.74, 6) is -0.366. The topological polar surface area (TPSA) is 79.1 Å². The predicted molar refractivity (Wildman–Crippen MR) is 36.3 cm³/mol. The first-order chi connectivity index (χ1) is 5.27. The highest BCUT2D eigenvalue weighted by Crippen LogP contribution is 2.11. The van der Waals surface area contributed by atoms with E-state index in [1.54, 1.807) is 0 Å². The minimum atomic E-state index is -0.541. The Hall–Kier alpha value is -1.78. The summed E-state index contributed by atoms with van der Waals surface area (Å²) in [7, 11) is 0. The van der Waals surface area contributed by atoms with Gasteiger partial charge in [0.15, 0.2) is 11.3 Å². The van der Waals surface area contributed by atoms with E-state index in [2.05, 4.69) is 14.7 Å². The molecule has 0 aliphatic carbocycles. The monoisotopic (exact) mass is 152 g/mol. The van der Waals surface area contributed by atoms with Gasteiger partial charge in [-0.3, -0.25) is 4.79 Å². The van der Waals surface area contributed by atoms with E-state index in [9.17, 15) is 4.79 Å². The predicted octanol–water partition coefficient (Wildman–Crippen LogP) is 0.222. The van der Waals surface area contributed by atoms with Crippen LogP contribution in [0.15, 0.2) is 21.6 Å². The van der Waals surface area contributed by atoms with Crippen molar-refractivity contribution >= 4 is 11.1 Å². The maximum absolute atomic E-state index is 10.8. The van der Waals surface area contributed by atoms with E-state index in [0.717, 1.165) is 0 Å². The van der Waals surface area contributed by atoms with Crippen molar-refractivity contribution in [2.45, 2.75) is 0 Å². The first-order valence-electron chi connectivity index (χ1n) is 2.94. The summed E-state index contributed by atoms with van der Waals surface area (Å²) in [6.45, 7) is 0. The molecule has 0 aliphatic heterocycles. The van der Waals surface area contributed by atoms with Gasteiger partial charge in [-0.2, -0.15) is 0 Å². The molecule has 0 amide bonds. The van der Waals surface area contributed by atoms with E-state index in [4.69, 9.17) is 5.11 Å². The number of fused-ring (bicyclic) bond motifs is 1. The fourth-order valence-electron chi connectivity index (χ4n) is 0.823. The van der Waals surface area contributed by atoms with Crippen molar-refractivity contribution in [3.63, 3.8) is 0 Å². The molecular weight excluding hydrogens is 148 g/mol. The van der Waals surface area contributed by atoms with Crippen molar-refractivity contribution in [3.05, 3.63) is 22.6 Å². The van der Waals surface area contributed by atoms with Gasteiger partial charge in [-0.15, -0.1) is 0 Å². The second-order valence-electron chi connectivity index (χ2n) is 2.09. The van der Waals surface area contributed by atoms with E-state index >= 15 is 0 Å². The van der Waals surface area contributed by atoms with Crippen LogP contribution in [-0.2, 0) is 0 Å². The molecule has 2 rings (SSSR count). The largest absolute Gasteiger partial charge is 0.503 e. The molecular formula is C6H4N2O3. The highest BCUT2D eigenvalue weighted by Gasteiger charge is 2.02. The first kappa shape index (κ1) is 5.96. The van der Waals surface area contributed by atoms with E-state index in [0.29, 0.717) is 11.1 Å². The highest BCUT2D eigenvalue weighted by molar-refractivity contribution is 5.71. The Balaban J connectivity index is 2.97. The van der Waals surface area contributed by atoms with Crippen LogP contribution in [0.3, 0.4) is 0 Å². The fraction of sp³-hybridized carbons (Fsp3) is 0. The maximum Gasteiger partial charge on any atom is 0.290 e. The Kier molecular flexibility index (Phi) is 1.00. The van der Waals surface area contributed by atoms with Gasteiger partial charge in [-0.1, -0.05) is 5.16 Å². The molecule has 0 saturated carbocycles. The SMILES string of the molecule is O=c1[nH]c2cnoc2cc1O. The Bertz CT molecular complexity index is 442. The summed E-state index contributed by atoms with van der Waals surface area (Å²) < 4.78 is 4.67. The molecule has 0 unspecified atom stereocenters. The van der Waals surface area contributed by atoms with E-state index in [1.165, 1.54) is 12.3 Å². The number of H-pyrrole nitrogens is 1. The number of hydrogen-bond acceptors (Lipinski definition) is 4. The lowest BCUT2D eigenvalue weighted by molar-refractivity contribution is 0.446. The number of nitrogens with zero attached hydrogens (tertiary/aromatic N) is 1. The van der Waals surface area contributed by atoms with Gasteiger partial charge in [0, 0.05) is 6.07 Å². The second kappa shape index (κ2) is 1.85. The Morgan fingerprint density at radius 2 is 2.45 bits per heavy atom. The molecule has 56 valence electrons. The van der Waals surface area contributed by atoms with Gasteiger partial charge in [0.2, 0.25) is 0 Å². The third-order valence-corrected chi connectivity index (χ3v) is 1.35. The van der Waals surface area contributed by atoms with Gasteiger partial charge in [0.25, 0.3) is 5.56 Å². The van der Waals surface area contributed by atoms with Gasteiger partial charge in [0.05, 0.1) is 6.20 Å². The van der Waals surface area contributed by atoms with Crippen LogP contribution >= 0.6 is 0 Å². The van der Waals surface area contributed by atoms with Crippen LogP contribution in [0.5, 0.6) is 5.75 Å².